The van der Waals surface area contributed by atoms with Crippen LogP contribution in [-0.4, -0.2) is 56.5 Å². The molecule has 0 bridgehead atoms. The Bertz CT molecular complexity index is 359. The molecule has 1 aromatic heterocycles. The number of hydrogen-bond acceptors (Lipinski definition) is 6. The van der Waals surface area contributed by atoms with Crippen LogP contribution in [-0.2, 0) is 4.74 Å². The lowest BCUT2D eigenvalue weighted by Crippen LogP contribution is -2.50. The molecule has 1 aliphatic heterocycles. The van der Waals surface area contributed by atoms with E-state index >= 15 is 0 Å². The van der Waals surface area contributed by atoms with Crippen LogP contribution in [0, 0.1) is 0 Å². The molecule has 1 N–H and O–H groups in total. The van der Waals surface area contributed by atoms with Gasteiger partial charge in [-0.25, -0.2) is 9.97 Å². The first-order valence-corrected chi connectivity index (χ1v) is 5.70. The van der Waals surface area contributed by atoms with Gasteiger partial charge in [-0.3, -0.25) is 0 Å². The van der Waals surface area contributed by atoms with Gasteiger partial charge in [0.05, 0.1) is 26.4 Å². The van der Waals surface area contributed by atoms with Crippen molar-refractivity contribution in [2.45, 2.75) is 6.04 Å². The first kappa shape index (κ1) is 12.1. The van der Waals surface area contributed by atoms with Crippen LogP contribution in [0.3, 0.4) is 0 Å². The van der Waals surface area contributed by atoms with E-state index in [-0.39, 0.29) is 0 Å². The zero-order valence-electron chi connectivity index (χ0n) is 10.2. The molecule has 0 aromatic carbocycles. The molecule has 0 aliphatic carbocycles. The summed E-state index contributed by atoms with van der Waals surface area (Å²) in [5, 5.41) is 3.17. The Morgan fingerprint density at radius 1 is 1.59 bits per heavy atom. The number of likely N-dealkylation sites (N-methyl/N-ethyl adjacent to an activating group) is 1. The summed E-state index contributed by atoms with van der Waals surface area (Å²) < 4.78 is 10.6. The second-order valence-electron chi connectivity index (χ2n) is 3.90. The number of nitrogens with one attached hydrogen (secondary N) is 1. The summed E-state index contributed by atoms with van der Waals surface area (Å²) in [6.07, 6.45) is 1.53. The first-order valence-electron chi connectivity index (χ1n) is 5.70. The van der Waals surface area contributed by atoms with Gasteiger partial charge < -0.3 is 19.7 Å². The van der Waals surface area contributed by atoms with Crippen molar-refractivity contribution in [3.8, 4) is 5.88 Å². The van der Waals surface area contributed by atoms with E-state index in [4.69, 9.17) is 9.47 Å². The number of ether oxygens (including phenoxy) is 2. The average Bonchev–Trinajstić information content (AvgIpc) is 2.40. The lowest BCUT2D eigenvalue weighted by atomic mass is 10.2. The minimum Gasteiger partial charge on any atom is -0.481 e. The van der Waals surface area contributed by atoms with E-state index in [1.807, 2.05) is 13.1 Å². The molecule has 94 valence electrons. The van der Waals surface area contributed by atoms with Crippen molar-refractivity contribution in [3.63, 3.8) is 0 Å². The second-order valence-corrected chi connectivity index (χ2v) is 3.90. The van der Waals surface area contributed by atoms with Gasteiger partial charge in [-0.1, -0.05) is 0 Å². The van der Waals surface area contributed by atoms with E-state index in [9.17, 15) is 0 Å². The largest absolute Gasteiger partial charge is 0.481 e. The molecule has 0 spiro atoms. The number of hydrogen-bond donors (Lipinski definition) is 1. The summed E-state index contributed by atoms with van der Waals surface area (Å²) in [6, 6.07) is 2.15. The third kappa shape index (κ3) is 2.83. The topological polar surface area (TPSA) is 59.5 Å². The highest BCUT2D eigenvalue weighted by Gasteiger charge is 2.23. The van der Waals surface area contributed by atoms with E-state index in [0.717, 1.165) is 25.5 Å². The van der Waals surface area contributed by atoms with Crippen LogP contribution in [0.25, 0.3) is 0 Å². The quantitative estimate of drug-likeness (QED) is 0.791. The molecule has 17 heavy (non-hydrogen) atoms. The molecule has 0 radical (unpaired) electrons. The Morgan fingerprint density at radius 2 is 2.47 bits per heavy atom. The zero-order chi connectivity index (χ0) is 12.1. The van der Waals surface area contributed by atoms with E-state index in [0.29, 0.717) is 18.5 Å². The summed E-state index contributed by atoms with van der Waals surface area (Å²) in [5.41, 5.74) is 0. The fourth-order valence-corrected chi connectivity index (χ4v) is 1.96. The first-order chi connectivity index (χ1) is 8.35. The van der Waals surface area contributed by atoms with Gasteiger partial charge in [0.25, 0.3) is 0 Å². The number of rotatable bonds is 4. The fourth-order valence-electron chi connectivity index (χ4n) is 1.96. The van der Waals surface area contributed by atoms with Crippen LogP contribution in [0.15, 0.2) is 12.4 Å². The molecule has 2 rings (SSSR count). The molecular weight excluding hydrogens is 220 g/mol. The smallest absolute Gasteiger partial charge is 0.218 e. The van der Waals surface area contributed by atoms with Crippen molar-refractivity contribution in [3.05, 3.63) is 12.4 Å². The van der Waals surface area contributed by atoms with Gasteiger partial charge in [-0.05, 0) is 7.05 Å². The monoisotopic (exact) mass is 238 g/mol. The molecule has 1 aromatic rings. The van der Waals surface area contributed by atoms with E-state index in [1.54, 1.807) is 7.11 Å². The van der Waals surface area contributed by atoms with Gasteiger partial charge in [0.15, 0.2) is 0 Å². The van der Waals surface area contributed by atoms with Crippen molar-refractivity contribution in [2.24, 2.45) is 0 Å². The molecule has 1 fully saturated rings. The number of methoxy groups -OCH3 is 1. The van der Waals surface area contributed by atoms with Crippen molar-refractivity contribution >= 4 is 5.82 Å². The van der Waals surface area contributed by atoms with Gasteiger partial charge in [0.2, 0.25) is 5.88 Å². The third-order valence-electron chi connectivity index (χ3n) is 2.80. The maximum Gasteiger partial charge on any atom is 0.218 e. The van der Waals surface area contributed by atoms with Crippen LogP contribution >= 0.6 is 0 Å². The summed E-state index contributed by atoms with van der Waals surface area (Å²) in [5.74, 6) is 1.48. The Balaban J connectivity index is 2.16. The Kier molecular flexibility index (Phi) is 4.11. The molecule has 1 aliphatic rings. The Hall–Kier alpha value is -1.40. The maximum absolute atomic E-state index is 5.49. The number of anilines is 1. The lowest BCUT2D eigenvalue weighted by Gasteiger charge is -2.36. The molecule has 1 unspecified atom stereocenters. The Morgan fingerprint density at radius 3 is 3.24 bits per heavy atom. The van der Waals surface area contributed by atoms with Gasteiger partial charge in [-0.15, -0.1) is 0 Å². The lowest BCUT2D eigenvalue weighted by molar-refractivity contribution is 0.0938. The standard InChI is InChI=1S/C11H18N4O2/c1-12-6-9-7-17-4-3-15(9)10-5-11(16-2)14-8-13-10/h5,8-9,12H,3-4,6-7H2,1-2H3. The van der Waals surface area contributed by atoms with Crippen molar-refractivity contribution in [1.29, 1.82) is 0 Å². The van der Waals surface area contributed by atoms with Crippen molar-refractivity contribution in [2.75, 3.05) is 45.4 Å². The number of morpholine rings is 1. The van der Waals surface area contributed by atoms with Gasteiger partial charge in [0.1, 0.15) is 12.1 Å². The van der Waals surface area contributed by atoms with Gasteiger partial charge >= 0.3 is 0 Å². The molecular formula is C11H18N4O2. The molecule has 6 heteroatoms. The van der Waals surface area contributed by atoms with Crippen molar-refractivity contribution in [1.82, 2.24) is 15.3 Å². The Labute approximate surface area is 101 Å². The summed E-state index contributed by atoms with van der Waals surface area (Å²) >= 11 is 0. The van der Waals surface area contributed by atoms with Crippen LogP contribution in [0.5, 0.6) is 5.88 Å². The van der Waals surface area contributed by atoms with Gasteiger partial charge in [0, 0.05) is 19.2 Å². The van der Waals surface area contributed by atoms with E-state index in [2.05, 4.69) is 20.2 Å². The molecule has 2 heterocycles. The zero-order valence-corrected chi connectivity index (χ0v) is 10.2. The van der Waals surface area contributed by atoms with Crippen LogP contribution in [0.1, 0.15) is 0 Å². The third-order valence-corrected chi connectivity index (χ3v) is 2.80. The van der Waals surface area contributed by atoms with E-state index < -0.39 is 0 Å². The summed E-state index contributed by atoms with van der Waals surface area (Å²) in [4.78, 5) is 10.5. The van der Waals surface area contributed by atoms with Crippen molar-refractivity contribution < 1.29 is 9.47 Å². The SMILES string of the molecule is CNCC1COCCN1c1cc(OC)ncn1. The molecule has 1 atom stereocenters. The summed E-state index contributed by atoms with van der Waals surface area (Å²) in [7, 11) is 3.55. The summed E-state index contributed by atoms with van der Waals surface area (Å²) in [6.45, 7) is 3.15. The number of nitrogens with zero attached hydrogens (tertiary/aromatic N) is 3. The maximum atomic E-state index is 5.49. The number of aromatic nitrogens is 2. The molecule has 6 nitrogen and oxygen atoms in total. The van der Waals surface area contributed by atoms with Crippen LogP contribution < -0.4 is 15.0 Å². The second kappa shape index (κ2) is 5.79. The highest BCUT2D eigenvalue weighted by Crippen LogP contribution is 2.19. The molecule has 0 saturated carbocycles. The average molecular weight is 238 g/mol. The predicted molar refractivity (Wildman–Crippen MR) is 64.5 cm³/mol. The minimum absolute atomic E-state index is 0.299. The highest BCUT2D eigenvalue weighted by atomic mass is 16.5. The highest BCUT2D eigenvalue weighted by molar-refractivity contribution is 5.42. The fraction of sp³-hybridized carbons (Fsp3) is 0.636. The minimum atomic E-state index is 0.299. The van der Waals surface area contributed by atoms with Gasteiger partial charge in [-0.2, -0.15) is 0 Å². The van der Waals surface area contributed by atoms with Crippen LogP contribution in [0.4, 0.5) is 5.82 Å². The molecule has 0 amide bonds. The van der Waals surface area contributed by atoms with E-state index in [1.165, 1.54) is 6.33 Å². The van der Waals surface area contributed by atoms with Crippen LogP contribution in [0.2, 0.25) is 0 Å². The molecule has 1 saturated heterocycles. The predicted octanol–water partition coefficient (Wildman–Crippen LogP) is -0.0902. The normalized spacial score (nSPS) is 20.4.